The van der Waals surface area contributed by atoms with E-state index < -0.39 is 60.8 Å². The quantitative estimate of drug-likeness (QED) is 0.0985. The Balaban J connectivity index is 1.81. The molecular weight excluding hydrogens is 652 g/mol. The Labute approximate surface area is 292 Å². The van der Waals surface area contributed by atoms with Crippen molar-refractivity contribution in [3.63, 3.8) is 0 Å². The summed E-state index contributed by atoms with van der Waals surface area (Å²) in [5.41, 5.74) is 2.97. The van der Waals surface area contributed by atoms with E-state index in [2.05, 4.69) is 16.1 Å². The SMILES string of the molecule is CCOC(OCC)C(C)N(Cc1cccc2ccccc12)C(=O)C(CC(=O)OC(C)(C)C)NC(=O)CONC(=O)NCc1ccc(Cl)cc1. The molecule has 3 aromatic rings. The first kappa shape index (κ1) is 39.2. The number of ether oxygens (including phenoxy) is 3. The molecule has 2 unspecified atom stereocenters. The van der Waals surface area contributed by atoms with Crippen molar-refractivity contribution in [2.75, 3.05) is 19.8 Å². The summed E-state index contributed by atoms with van der Waals surface area (Å²) in [6, 6.07) is 17.9. The Bertz CT molecular complexity index is 1530. The fourth-order valence-corrected chi connectivity index (χ4v) is 5.14. The number of nitrogens with one attached hydrogen (secondary N) is 3. The van der Waals surface area contributed by atoms with Gasteiger partial charge in [-0.1, -0.05) is 66.2 Å². The highest BCUT2D eigenvalue weighted by Crippen LogP contribution is 2.24. The molecule has 0 saturated carbocycles. The van der Waals surface area contributed by atoms with Crippen LogP contribution in [0.5, 0.6) is 0 Å². The summed E-state index contributed by atoms with van der Waals surface area (Å²) in [6.45, 7) is 10.9. The van der Waals surface area contributed by atoms with Crippen molar-refractivity contribution in [2.24, 2.45) is 0 Å². The monoisotopic (exact) mass is 698 g/mol. The van der Waals surface area contributed by atoms with Crippen LogP contribution in [-0.2, 0) is 46.5 Å². The van der Waals surface area contributed by atoms with Crippen molar-refractivity contribution < 1.29 is 38.2 Å². The second-order valence-corrected chi connectivity index (χ2v) is 12.7. The number of amides is 4. The molecule has 0 radical (unpaired) electrons. The Kier molecular flexibility index (Phi) is 15.3. The summed E-state index contributed by atoms with van der Waals surface area (Å²) in [5.74, 6) is -1.99. The lowest BCUT2D eigenvalue weighted by Crippen LogP contribution is -2.55. The maximum Gasteiger partial charge on any atom is 0.338 e. The van der Waals surface area contributed by atoms with Gasteiger partial charge in [0.15, 0.2) is 12.9 Å². The van der Waals surface area contributed by atoms with Gasteiger partial charge < -0.3 is 29.7 Å². The molecule has 2 atom stereocenters. The molecule has 0 bridgehead atoms. The Morgan fingerprint density at radius 1 is 0.898 bits per heavy atom. The molecule has 3 aromatic carbocycles. The van der Waals surface area contributed by atoms with E-state index in [4.69, 9.17) is 30.6 Å². The van der Waals surface area contributed by atoms with E-state index in [1.807, 2.05) is 56.3 Å². The zero-order valence-electron chi connectivity index (χ0n) is 28.9. The van der Waals surface area contributed by atoms with Crippen molar-refractivity contribution in [3.8, 4) is 0 Å². The molecule has 3 rings (SSSR count). The summed E-state index contributed by atoms with van der Waals surface area (Å²) in [5, 5.41) is 7.72. The molecule has 0 saturated heterocycles. The topological polar surface area (TPSA) is 145 Å². The predicted molar refractivity (Wildman–Crippen MR) is 186 cm³/mol. The first-order valence-electron chi connectivity index (χ1n) is 16.2. The third-order valence-corrected chi connectivity index (χ3v) is 7.46. The third-order valence-electron chi connectivity index (χ3n) is 7.21. The van der Waals surface area contributed by atoms with Crippen LogP contribution >= 0.6 is 11.6 Å². The largest absolute Gasteiger partial charge is 0.460 e. The number of esters is 1. The van der Waals surface area contributed by atoms with Crippen LogP contribution < -0.4 is 16.1 Å². The van der Waals surface area contributed by atoms with Crippen LogP contribution in [0.3, 0.4) is 0 Å². The van der Waals surface area contributed by atoms with Gasteiger partial charge in [-0.3, -0.25) is 19.2 Å². The van der Waals surface area contributed by atoms with Gasteiger partial charge in [0.25, 0.3) is 0 Å². The van der Waals surface area contributed by atoms with E-state index in [1.54, 1.807) is 52.0 Å². The average Bonchev–Trinajstić information content (AvgIpc) is 3.05. The molecule has 0 aliphatic heterocycles. The normalized spacial score (nSPS) is 12.7. The molecule has 0 heterocycles. The molecule has 266 valence electrons. The number of carbonyl (C=O) groups is 4. The van der Waals surface area contributed by atoms with Crippen molar-refractivity contribution in [3.05, 3.63) is 82.9 Å². The van der Waals surface area contributed by atoms with Gasteiger partial charge in [0.1, 0.15) is 11.6 Å². The zero-order chi connectivity index (χ0) is 36.0. The lowest BCUT2D eigenvalue weighted by molar-refractivity contribution is -0.180. The molecular formula is C36H47ClN4O8. The van der Waals surface area contributed by atoms with Gasteiger partial charge in [-0.2, -0.15) is 0 Å². The van der Waals surface area contributed by atoms with E-state index in [0.717, 1.165) is 21.9 Å². The molecule has 49 heavy (non-hydrogen) atoms. The van der Waals surface area contributed by atoms with Crippen molar-refractivity contribution >= 4 is 46.2 Å². The first-order valence-corrected chi connectivity index (χ1v) is 16.6. The number of benzene rings is 3. The maximum atomic E-state index is 14.5. The predicted octanol–water partition coefficient (Wildman–Crippen LogP) is 5.26. The van der Waals surface area contributed by atoms with Crippen molar-refractivity contribution in [2.45, 2.75) is 85.0 Å². The fraction of sp³-hybridized carbons (Fsp3) is 0.444. The molecule has 0 fully saturated rings. The lowest BCUT2D eigenvalue weighted by atomic mass is 10.0. The van der Waals surface area contributed by atoms with Gasteiger partial charge in [0.2, 0.25) is 11.8 Å². The molecule has 0 aromatic heterocycles. The van der Waals surface area contributed by atoms with Gasteiger partial charge in [-0.25, -0.2) is 10.3 Å². The molecule has 0 aliphatic rings. The van der Waals surface area contributed by atoms with Gasteiger partial charge >= 0.3 is 12.0 Å². The van der Waals surface area contributed by atoms with Gasteiger partial charge in [-0.15, -0.1) is 0 Å². The number of fused-ring (bicyclic) bond motifs is 1. The highest BCUT2D eigenvalue weighted by molar-refractivity contribution is 6.30. The second kappa shape index (κ2) is 19.1. The summed E-state index contributed by atoms with van der Waals surface area (Å²) in [7, 11) is 0. The number of carbonyl (C=O) groups excluding carboxylic acids is 4. The smallest absolute Gasteiger partial charge is 0.338 e. The molecule has 13 heteroatoms. The molecule has 4 amide bonds. The number of halogens is 1. The first-order chi connectivity index (χ1) is 23.3. The fourth-order valence-electron chi connectivity index (χ4n) is 5.01. The highest BCUT2D eigenvalue weighted by atomic mass is 35.5. The zero-order valence-corrected chi connectivity index (χ0v) is 29.7. The van der Waals surface area contributed by atoms with Gasteiger partial charge in [-0.05, 0) is 75.6 Å². The number of nitrogens with zero attached hydrogens (tertiary/aromatic N) is 1. The lowest BCUT2D eigenvalue weighted by Gasteiger charge is -2.36. The molecule has 3 N–H and O–H groups in total. The minimum atomic E-state index is -1.34. The van der Waals surface area contributed by atoms with Crippen molar-refractivity contribution in [1.82, 2.24) is 21.0 Å². The van der Waals surface area contributed by atoms with Crippen LogP contribution in [0.4, 0.5) is 4.79 Å². The molecule has 0 spiro atoms. The average molecular weight is 699 g/mol. The minimum Gasteiger partial charge on any atom is -0.460 e. The Morgan fingerprint density at radius 3 is 2.20 bits per heavy atom. The van der Waals surface area contributed by atoms with Crippen LogP contribution in [0.1, 0.15) is 59.1 Å². The number of hydrogen-bond donors (Lipinski definition) is 3. The second-order valence-electron chi connectivity index (χ2n) is 12.2. The number of rotatable bonds is 17. The summed E-state index contributed by atoms with van der Waals surface area (Å²) < 4.78 is 17.2. The van der Waals surface area contributed by atoms with Crippen LogP contribution in [-0.4, -0.2) is 72.5 Å². The van der Waals surface area contributed by atoms with E-state index in [0.29, 0.717) is 18.2 Å². The maximum absolute atomic E-state index is 14.5. The number of hydroxylamine groups is 1. The summed E-state index contributed by atoms with van der Waals surface area (Å²) in [6.07, 6.45) is -1.24. The van der Waals surface area contributed by atoms with E-state index in [1.165, 1.54) is 4.90 Å². The van der Waals surface area contributed by atoms with Crippen LogP contribution in [0.25, 0.3) is 10.8 Å². The summed E-state index contributed by atoms with van der Waals surface area (Å²) in [4.78, 5) is 59.5. The standard InChI is InChI=1S/C36H47ClN4O8/c1-7-46-34(47-8-2)24(3)41(22-27-14-11-13-26-12-9-10-15-29(26)27)33(44)30(20-32(43)49-36(4,5)6)39-31(42)23-48-40-35(45)38-21-25-16-18-28(37)19-17-25/h9-19,24,30,34H,7-8,20-23H2,1-6H3,(H,39,42)(H2,38,40,45). The molecule has 12 nitrogen and oxygen atoms in total. The Morgan fingerprint density at radius 2 is 1.55 bits per heavy atom. The van der Waals surface area contributed by atoms with Gasteiger partial charge in [0, 0.05) is 31.3 Å². The third kappa shape index (κ3) is 13.0. The van der Waals surface area contributed by atoms with E-state index >= 15 is 0 Å². The number of urea groups is 1. The molecule has 0 aliphatic carbocycles. The van der Waals surface area contributed by atoms with Crippen LogP contribution in [0.2, 0.25) is 5.02 Å². The van der Waals surface area contributed by atoms with Crippen LogP contribution in [0, 0.1) is 0 Å². The van der Waals surface area contributed by atoms with Gasteiger partial charge in [0.05, 0.1) is 12.5 Å². The van der Waals surface area contributed by atoms with E-state index in [-0.39, 0.29) is 13.1 Å². The highest BCUT2D eigenvalue weighted by Gasteiger charge is 2.36. The summed E-state index contributed by atoms with van der Waals surface area (Å²) >= 11 is 5.89. The van der Waals surface area contributed by atoms with Crippen LogP contribution in [0.15, 0.2) is 66.7 Å². The minimum absolute atomic E-state index is 0.130. The Hall–Kier alpha value is -4.23. The van der Waals surface area contributed by atoms with E-state index in [9.17, 15) is 19.2 Å². The number of hydrogen-bond acceptors (Lipinski definition) is 8. The van der Waals surface area contributed by atoms with Crippen molar-refractivity contribution in [1.29, 1.82) is 0 Å².